The lowest BCUT2D eigenvalue weighted by atomic mass is 10.1. The second-order valence-corrected chi connectivity index (χ2v) is 5.78. The summed E-state index contributed by atoms with van der Waals surface area (Å²) >= 11 is 8.29. The fraction of sp³-hybridized carbons (Fsp3) is 0.0714. The smallest absolute Gasteiger partial charge is 0.228 e. The van der Waals surface area contributed by atoms with Gasteiger partial charge in [0.2, 0.25) is 5.89 Å². The lowest BCUT2D eigenvalue weighted by Crippen LogP contribution is -1.86. The average molecular weight is 385 g/mol. The molecule has 0 spiro atoms. The summed E-state index contributed by atoms with van der Waals surface area (Å²) in [4.78, 5) is 4.48. The van der Waals surface area contributed by atoms with Crippen LogP contribution < -0.4 is 5.73 Å². The monoisotopic (exact) mass is 384 g/mol. The van der Waals surface area contributed by atoms with E-state index in [9.17, 15) is 0 Å². The maximum Gasteiger partial charge on any atom is 0.228 e. The van der Waals surface area contributed by atoms with Crippen molar-refractivity contribution in [1.29, 1.82) is 0 Å². The van der Waals surface area contributed by atoms with Gasteiger partial charge in [-0.2, -0.15) is 0 Å². The lowest BCUT2D eigenvalue weighted by Gasteiger charge is -2.02. The highest BCUT2D eigenvalue weighted by Gasteiger charge is 2.13. The third kappa shape index (κ3) is 2.19. The summed E-state index contributed by atoms with van der Waals surface area (Å²) < 4.78 is 6.90. The maximum absolute atomic E-state index is 5.99. The van der Waals surface area contributed by atoms with Gasteiger partial charge in [-0.05, 0) is 47.2 Å². The molecule has 1 aromatic heterocycles. The van der Waals surface area contributed by atoms with E-state index in [-0.39, 0.29) is 0 Å². The summed E-state index contributed by atoms with van der Waals surface area (Å²) in [5.74, 6) is 0.588. The van der Waals surface area contributed by atoms with Crippen molar-refractivity contribution < 1.29 is 4.42 Å². The fourth-order valence-electron chi connectivity index (χ4n) is 1.89. The average Bonchev–Trinajstić information content (AvgIpc) is 2.76. The lowest BCUT2D eigenvalue weighted by molar-refractivity contribution is 0.619. The highest BCUT2D eigenvalue weighted by atomic mass is 127. The molecule has 0 saturated carbocycles. The van der Waals surface area contributed by atoms with Gasteiger partial charge in [0.05, 0.1) is 16.3 Å². The number of benzene rings is 2. The number of hydrogen-bond acceptors (Lipinski definition) is 3. The number of nitrogen functional groups attached to an aromatic ring is 1. The standard InChI is InChI=1S/C14H10ClIN2O/c1-7-3-2-4-8(13(7)16)14-18-11-5-9(15)10(17)6-12(11)19-14/h2-6H,17H2,1H3. The van der Waals surface area contributed by atoms with E-state index < -0.39 is 0 Å². The Labute approximate surface area is 128 Å². The number of aromatic nitrogens is 1. The van der Waals surface area contributed by atoms with Crippen molar-refractivity contribution in [1.82, 2.24) is 4.98 Å². The van der Waals surface area contributed by atoms with Crippen molar-refractivity contribution in [2.45, 2.75) is 6.92 Å². The van der Waals surface area contributed by atoms with Crippen molar-refractivity contribution >= 4 is 51.0 Å². The molecular weight excluding hydrogens is 375 g/mol. The Hall–Kier alpha value is -1.27. The van der Waals surface area contributed by atoms with Crippen LogP contribution in [0.2, 0.25) is 5.02 Å². The Morgan fingerprint density at radius 3 is 2.89 bits per heavy atom. The zero-order valence-electron chi connectivity index (χ0n) is 10.1. The molecule has 0 unspecified atom stereocenters. The molecule has 2 aromatic carbocycles. The minimum atomic E-state index is 0.492. The molecule has 3 aromatic rings. The Kier molecular flexibility index (Phi) is 3.14. The number of aryl methyl sites for hydroxylation is 1. The summed E-state index contributed by atoms with van der Waals surface area (Å²) in [6.45, 7) is 2.06. The fourth-order valence-corrected chi connectivity index (χ4v) is 2.64. The number of nitrogens with zero attached hydrogens (tertiary/aromatic N) is 1. The molecule has 96 valence electrons. The Morgan fingerprint density at radius 1 is 1.32 bits per heavy atom. The molecule has 0 atom stereocenters. The van der Waals surface area contributed by atoms with Gasteiger partial charge in [-0.15, -0.1) is 0 Å². The molecule has 2 N–H and O–H groups in total. The van der Waals surface area contributed by atoms with Gasteiger partial charge in [0, 0.05) is 9.64 Å². The van der Waals surface area contributed by atoms with E-state index in [0.717, 1.165) is 9.13 Å². The summed E-state index contributed by atoms with van der Waals surface area (Å²) in [6, 6.07) is 9.47. The van der Waals surface area contributed by atoms with Crippen molar-refractivity contribution in [2.24, 2.45) is 0 Å². The molecule has 3 rings (SSSR count). The van der Waals surface area contributed by atoms with Crippen molar-refractivity contribution in [2.75, 3.05) is 5.73 Å². The molecule has 0 aliphatic carbocycles. The Balaban J connectivity index is 2.23. The largest absolute Gasteiger partial charge is 0.436 e. The van der Waals surface area contributed by atoms with E-state index in [1.54, 1.807) is 12.1 Å². The first-order valence-electron chi connectivity index (χ1n) is 5.67. The summed E-state index contributed by atoms with van der Waals surface area (Å²) in [5.41, 5.74) is 9.80. The topological polar surface area (TPSA) is 52.0 Å². The predicted octanol–water partition coefficient (Wildman–Crippen LogP) is 4.64. The van der Waals surface area contributed by atoms with E-state index in [1.165, 1.54) is 5.56 Å². The first-order chi connectivity index (χ1) is 9.06. The second kappa shape index (κ2) is 4.68. The quantitative estimate of drug-likeness (QED) is 0.491. The Bertz CT molecular complexity index is 743. The second-order valence-electron chi connectivity index (χ2n) is 4.30. The first-order valence-corrected chi connectivity index (χ1v) is 7.13. The molecular formula is C14H10ClIN2O. The van der Waals surface area contributed by atoms with Gasteiger partial charge in [-0.3, -0.25) is 0 Å². The van der Waals surface area contributed by atoms with Gasteiger partial charge in [0.25, 0.3) is 0 Å². The molecule has 1 heterocycles. The number of nitrogens with two attached hydrogens (primary N) is 1. The van der Waals surface area contributed by atoms with Crippen LogP contribution in [0.4, 0.5) is 5.69 Å². The number of anilines is 1. The van der Waals surface area contributed by atoms with Gasteiger partial charge in [-0.1, -0.05) is 23.7 Å². The molecule has 5 heteroatoms. The van der Waals surface area contributed by atoms with Gasteiger partial charge in [0.1, 0.15) is 5.52 Å². The van der Waals surface area contributed by atoms with Gasteiger partial charge in [-0.25, -0.2) is 4.98 Å². The molecule has 0 radical (unpaired) electrons. The number of fused-ring (bicyclic) bond motifs is 1. The molecule has 0 aliphatic heterocycles. The van der Waals surface area contributed by atoms with Crippen LogP contribution in [0.3, 0.4) is 0 Å². The summed E-state index contributed by atoms with van der Waals surface area (Å²) in [6.07, 6.45) is 0. The number of oxazole rings is 1. The SMILES string of the molecule is Cc1cccc(-c2nc3cc(Cl)c(N)cc3o2)c1I. The van der Waals surface area contributed by atoms with E-state index in [4.69, 9.17) is 21.8 Å². The van der Waals surface area contributed by atoms with Crippen LogP contribution in [0.1, 0.15) is 5.56 Å². The van der Waals surface area contributed by atoms with Gasteiger partial charge >= 0.3 is 0 Å². The number of hydrogen-bond donors (Lipinski definition) is 1. The van der Waals surface area contributed by atoms with Crippen LogP contribution in [0, 0.1) is 10.5 Å². The van der Waals surface area contributed by atoms with E-state index >= 15 is 0 Å². The number of rotatable bonds is 1. The highest BCUT2D eigenvalue weighted by molar-refractivity contribution is 14.1. The molecule has 0 amide bonds. The highest BCUT2D eigenvalue weighted by Crippen LogP contribution is 2.32. The Morgan fingerprint density at radius 2 is 2.11 bits per heavy atom. The zero-order chi connectivity index (χ0) is 13.6. The minimum absolute atomic E-state index is 0.492. The van der Waals surface area contributed by atoms with Gasteiger partial charge in [0.15, 0.2) is 5.58 Å². The third-order valence-corrected chi connectivity index (χ3v) is 4.69. The molecule has 0 aliphatic rings. The van der Waals surface area contributed by atoms with Crippen LogP contribution in [0.5, 0.6) is 0 Å². The third-order valence-electron chi connectivity index (χ3n) is 2.93. The van der Waals surface area contributed by atoms with E-state index in [2.05, 4.69) is 40.6 Å². The molecule has 0 saturated heterocycles. The van der Waals surface area contributed by atoms with Crippen LogP contribution in [0.15, 0.2) is 34.7 Å². The molecule has 0 bridgehead atoms. The minimum Gasteiger partial charge on any atom is -0.436 e. The summed E-state index contributed by atoms with van der Waals surface area (Å²) in [5, 5.41) is 0.492. The number of halogens is 2. The van der Waals surface area contributed by atoms with Crippen LogP contribution in [-0.4, -0.2) is 4.98 Å². The predicted molar refractivity (Wildman–Crippen MR) is 86.3 cm³/mol. The van der Waals surface area contributed by atoms with Crippen LogP contribution >= 0.6 is 34.2 Å². The normalized spacial score (nSPS) is 11.1. The van der Waals surface area contributed by atoms with E-state index in [0.29, 0.717) is 27.7 Å². The molecule has 3 nitrogen and oxygen atoms in total. The molecule has 0 fully saturated rings. The maximum atomic E-state index is 5.99. The van der Waals surface area contributed by atoms with Gasteiger partial charge < -0.3 is 10.2 Å². The van der Waals surface area contributed by atoms with Crippen molar-refractivity contribution in [3.63, 3.8) is 0 Å². The zero-order valence-corrected chi connectivity index (χ0v) is 13.0. The first kappa shape index (κ1) is 12.7. The summed E-state index contributed by atoms with van der Waals surface area (Å²) in [7, 11) is 0. The van der Waals surface area contributed by atoms with Crippen LogP contribution in [0.25, 0.3) is 22.6 Å². The molecule has 19 heavy (non-hydrogen) atoms. The van der Waals surface area contributed by atoms with Crippen molar-refractivity contribution in [3.8, 4) is 11.5 Å². The van der Waals surface area contributed by atoms with Crippen molar-refractivity contribution in [3.05, 3.63) is 44.5 Å². The van der Waals surface area contributed by atoms with Crippen LogP contribution in [-0.2, 0) is 0 Å². The van der Waals surface area contributed by atoms with E-state index in [1.807, 2.05) is 12.1 Å².